The SMILES string of the molecule is CC1CCOC1C(=O)N1CC2CNCC2C1C. The molecule has 0 aromatic carbocycles. The molecule has 1 N–H and O–H groups in total. The lowest BCUT2D eigenvalue weighted by Gasteiger charge is -2.28. The lowest BCUT2D eigenvalue weighted by molar-refractivity contribution is -0.143. The second kappa shape index (κ2) is 4.25. The number of nitrogens with zero attached hydrogens (tertiary/aromatic N) is 1. The first-order valence-corrected chi connectivity index (χ1v) is 6.81. The van der Waals surface area contributed by atoms with Crippen molar-refractivity contribution in [2.24, 2.45) is 17.8 Å². The van der Waals surface area contributed by atoms with Gasteiger partial charge in [-0.15, -0.1) is 0 Å². The van der Waals surface area contributed by atoms with E-state index >= 15 is 0 Å². The van der Waals surface area contributed by atoms with Gasteiger partial charge in [-0.1, -0.05) is 6.92 Å². The minimum absolute atomic E-state index is 0.177. The molecule has 0 saturated carbocycles. The predicted molar refractivity (Wildman–Crippen MR) is 64.5 cm³/mol. The Hall–Kier alpha value is -0.610. The molecule has 3 rings (SSSR count). The number of likely N-dealkylation sites (tertiary alicyclic amines) is 1. The molecule has 17 heavy (non-hydrogen) atoms. The smallest absolute Gasteiger partial charge is 0.252 e. The maximum Gasteiger partial charge on any atom is 0.252 e. The van der Waals surface area contributed by atoms with E-state index in [0.717, 1.165) is 32.7 Å². The number of nitrogens with one attached hydrogen (secondary N) is 1. The van der Waals surface area contributed by atoms with E-state index in [9.17, 15) is 4.79 Å². The van der Waals surface area contributed by atoms with Gasteiger partial charge in [0.05, 0.1) is 0 Å². The molecule has 0 aromatic rings. The number of carbonyl (C=O) groups excluding carboxylic acids is 1. The molecule has 4 heteroatoms. The minimum atomic E-state index is -0.177. The van der Waals surface area contributed by atoms with Crippen LogP contribution in [0.5, 0.6) is 0 Å². The average molecular weight is 238 g/mol. The van der Waals surface area contributed by atoms with E-state index in [2.05, 4.69) is 24.1 Å². The Morgan fingerprint density at radius 2 is 2.18 bits per heavy atom. The Kier molecular flexibility index (Phi) is 2.87. The van der Waals surface area contributed by atoms with Gasteiger partial charge in [-0.05, 0) is 31.1 Å². The monoisotopic (exact) mass is 238 g/mol. The van der Waals surface area contributed by atoms with Gasteiger partial charge in [-0.3, -0.25) is 4.79 Å². The van der Waals surface area contributed by atoms with Crippen molar-refractivity contribution in [3.8, 4) is 0 Å². The fourth-order valence-corrected chi connectivity index (χ4v) is 3.63. The second-order valence-corrected chi connectivity index (χ2v) is 5.87. The topological polar surface area (TPSA) is 41.6 Å². The Morgan fingerprint density at radius 3 is 2.82 bits per heavy atom. The first-order valence-electron chi connectivity index (χ1n) is 6.81. The fourth-order valence-electron chi connectivity index (χ4n) is 3.63. The van der Waals surface area contributed by atoms with Gasteiger partial charge < -0.3 is 15.0 Å². The molecule has 5 unspecified atom stereocenters. The van der Waals surface area contributed by atoms with E-state index in [1.165, 1.54) is 0 Å². The maximum atomic E-state index is 12.5. The lowest BCUT2D eigenvalue weighted by Crippen LogP contribution is -2.45. The van der Waals surface area contributed by atoms with Gasteiger partial charge >= 0.3 is 0 Å². The summed E-state index contributed by atoms with van der Waals surface area (Å²) < 4.78 is 5.60. The molecule has 3 heterocycles. The van der Waals surface area contributed by atoms with E-state index < -0.39 is 0 Å². The molecule has 3 saturated heterocycles. The summed E-state index contributed by atoms with van der Waals surface area (Å²) in [4.78, 5) is 14.6. The van der Waals surface area contributed by atoms with E-state index in [0.29, 0.717) is 23.8 Å². The average Bonchev–Trinajstić information content (AvgIpc) is 2.96. The Morgan fingerprint density at radius 1 is 1.35 bits per heavy atom. The van der Waals surface area contributed by atoms with Crippen LogP contribution < -0.4 is 5.32 Å². The highest BCUT2D eigenvalue weighted by molar-refractivity contribution is 5.82. The summed E-state index contributed by atoms with van der Waals surface area (Å²) in [6.45, 7) is 8.11. The molecule has 3 aliphatic heterocycles. The Bertz CT molecular complexity index is 321. The van der Waals surface area contributed by atoms with Gasteiger partial charge in [0, 0.05) is 32.3 Å². The van der Waals surface area contributed by atoms with Crippen LogP contribution in [0.4, 0.5) is 0 Å². The zero-order valence-corrected chi connectivity index (χ0v) is 10.7. The zero-order valence-electron chi connectivity index (χ0n) is 10.7. The first kappa shape index (κ1) is 11.5. The van der Waals surface area contributed by atoms with Crippen molar-refractivity contribution in [3.05, 3.63) is 0 Å². The normalized spacial score (nSPS) is 45.3. The Labute approximate surface area is 103 Å². The number of hydrogen-bond donors (Lipinski definition) is 1. The van der Waals surface area contributed by atoms with Crippen LogP contribution in [0, 0.1) is 17.8 Å². The van der Waals surface area contributed by atoms with E-state index in [1.807, 2.05) is 0 Å². The highest BCUT2D eigenvalue weighted by atomic mass is 16.5. The van der Waals surface area contributed by atoms with Gasteiger partial charge in [-0.25, -0.2) is 0 Å². The highest BCUT2D eigenvalue weighted by Crippen LogP contribution is 2.34. The molecule has 3 fully saturated rings. The number of amides is 1. The van der Waals surface area contributed by atoms with Crippen molar-refractivity contribution < 1.29 is 9.53 Å². The van der Waals surface area contributed by atoms with Crippen LogP contribution in [0.25, 0.3) is 0 Å². The van der Waals surface area contributed by atoms with E-state index in [4.69, 9.17) is 4.74 Å². The van der Waals surface area contributed by atoms with Crippen LogP contribution in [0.3, 0.4) is 0 Å². The van der Waals surface area contributed by atoms with Crippen LogP contribution in [0.1, 0.15) is 20.3 Å². The number of hydrogen-bond acceptors (Lipinski definition) is 3. The molecule has 0 spiro atoms. The summed E-state index contributed by atoms with van der Waals surface area (Å²) in [7, 11) is 0. The Balaban J connectivity index is 1.70. The van der Waals surface area contributed by atoms with E-state index in [-0.39, 0.29) is 12.0 Å². The molecule has 5 atom stereocenters. The molecule has 96 valence electrons. The number of ether oxygens (including phenoxy) is 1. The molecule has 1 amide bonds. The van der Waals surface area contributed by atoms with Gasteiger partial charge in [0.15, 0.2) is 0 Å². The predicted octanol–water partition coefficient (Wildman–Crippen LogP) is 0.478. The number of carbonyl (C=O) groups is 1. The van der Waals surface area contributed by atoms with Crippen LogP contribution >= 0.6 is 0 Å². The summed E-state index contributed by atoms with van der Waals surface area (Å²) in [5.41, 5.74) is 0. The molecule has 0 bridgehead atoms. The molecular weight excluding hydrogens is 216 g/mol. The van der Waals surface area contributed by atoms with Crippen molar-refractivity contribution in [3.63, 3.8) is 0 Å². The molecule has 0 aromatic heterocycles. The van der Waals surface area contributed by atoms with Crippen LogP contribution in [0.2, 0.25) is 0 Å². The van der Waals surface area contributed by atoms with Crippen molar-refractivity contribution in [2.45, 2.75) is 32.4 Å². The third-order valence-electron chi connectivity index (χ3n) is 4.85. The number of fused-ring (bicyclic) bond motifs is 1. The molecular formula is C13H22N2O2. The van der Waals surface area contributed by atoms with Gasteiger partial charge in [0.2, 0.25) is 0 Å². The lowest BCUT2D eigenvalue weighted by atomic mass is 9.95. The quantitative estimate of drug-likeness (QED) is 0.722. The largest absolute Gasteiger partial charge is 0.368 e. The molecule has 3 aliphatic rings. The summed E-state index contributed by atoms with van der Waals surface area (Å²) >= 11 is 0. The zero-order chi connectivity index (χ0) is 12.0. The summed E-state index contributed by atoms with van der Waals surface area (Å²) in [6, 6.07) is 0.374. The van der Waals surface area contributed by atoms with Crippen molar-refractivity contribution in [2.75, 3.05) is 26.2 Å². The molecule has 0 aliphatic carbocycles. The van der Waals surface area contributed by atoms with Crippen LogP contribution in [-0.4, -0.2) is 49.2 Å². The van der Waals surface area contributed by atoms with Crippen LogP contribution in [0.15, 0.2) is 0 Å². The summed E-state index contributed by atoms with van der Waals surface area (Å²) in [5.74, 6) is 1.92. The molecule has 4 nitrogen and oxygen atoms in total. The van der Waals surface area contributed by atoms with Gasteiger partial charge in [-0.2, -0.15) is 0 Å². The summed E-state index contributed by atoms with van der Waals surface area (Å²) in [5, 5.41) is 3.42. The van der Waals surface area contributed by atoms with Crippen molar-refractivity contribution in [1.29, 1.82) is 0 Å². The fraction of sp³-hybridized carbons (Fsp3) is 0.923. The summed E-state index contributed by atoms with van der Waals surface area (Å²) in [6.07, 6.45) is 0.844. The highest BCUT2D eigenvalue weighted by Gasteiger charge is 2.46. The number of rotatable bonds is 1. The van der Waals surface area contributed by atoms with Gasteiger partial charge in [0.25, 0.3) is 5.91 Å². The first-order chi connectivity index (χ1) is 8.18. The third kappa shape index (κ3) is 1.78. The van der Waals surface area contributed by atoms with Crippen molar-refractivity contribution >= 4 is 5.91 Å². The third-order valence-corrected chi connectivity index (χ3v) is 4.85. The van der Waals surface area contributed by atoms with Crippen LogP contribution in [-0.2, 0) is 9.53 Å². The van der Waals surface area contributed by atoms with Crippen molar-refractivity contribution in [1.82, 2.24) is 10.2 Å². The van der Waals surface area contributed by atoms with E-state index in [1.54, 1.807) is 0 Å². The van der Waals surface area contributed by atoms with Gasteiger partial charge in [0.1, 0.15) is 6.10 Å². The molecule has 0 radical (unpaired) electrons. The minimum Gasteiger partial charge on any atom is -0.368 e. The maximum absolute atomic E-state index is 12.5. The second-order valence-electron chi connectivity index (χ2n) is 5.87. The standard InChI is InChI=1S/C13H22N2O2/c1-8-3-4-17-12(8)13(16)15-7-10-5-14-6-11(10)9(15)2/h8-12,14H,3-7H2,1-2H3.